The van der Waals surface area contributed by atoms with Crippen LogP contribution < -0.4 is 11.1 Å². The third-order valence-electron chi connectivity index (χ3n) is 2.34. The lowest BCUT2D eigenvalue weighted by Gasteiger charge is -2.14. The van der Waals surface area contributed by atoms with Crippen LogP contribution in [0.15, 0.2) is 18.3 Å². The molecule has 3 amide bonds. The van der Waals surface area contributed by atoms with E-state index in [4.69, 9.17) is 5.73 Å². The highest BCUT2D eigenvalue weighted by atomic mass is 16.2. The molecule has 0 saturated heterocycles. The van der Waals surface area contributed by atoms with Crippen molar-refractivity contribution in [3.8, 4) is 0 Å². The van der Waals surface area contributed by atoms with Crippen LogP contribution in [-0.2, 0) is 14.4 Å². The van der Waals surface area contributed by atoms with E-state index in [0.717, 1.165) is 10.5 Å². The number of hydrogen-bond donors (Lipinski definition) is 2. The number of nitrogens with zero attached hydrogens (tertiary/aromatic N) is 2. The number of amides is 3. The van der Waals surface area contributed by atoms with E-state index in [1.54, 1.807) is 18.3 Å². The summed E-state index contributed by atoms with van der Waals surface area (Å²) in [5.41, 5.74) is 6.21. The number of carbonyl (C=O) groups excluding carboxylic acids is 3. The lowest BCUT2D eigenvalue weighted by Crippen LogP contribution is -2.40. The summed E-state index contributed by atoms with van der Waals surface area (Å²) in [4.78, 5) is 38.7. The Labute approximate surface area is 110 Å². The normalized spacial score (nSPS) is 9.79. The largest absolute Gasteiger partial charge is 0.330 e. The van der Waals surface area contributed by atoms with Gasteiger partial charge in [0.25, 0.3) is 0 Å². The van der Waals surface area contributed by atoms with Gasteiger partial charge >= 0.3 is 11.8 Å². The molecule has 1 aromatic heterocycles. The average molecular weight is 264 g/mol. The number of aromatic nitrogens is 1. The van der Waals surface area contributed by atoms with Crippen molar-refractivity contribution < 1.29 is 14.4 Å². The van der Waals surface area contributed by atoms with Crippen molar-refractivity contribution in [3.05, 3.63) is 23.9 Å². The maximum Gasteiger partial charge on any atom is 0.318 e. The van der Waals surface area contributed by atoms with Crippen LogP contribution in [0.3, 0.4) is 0 Å². The van der Waals surface area contributed by atoms with Gasteiger partial charge < -0.3 is 11.1 Å². The highest BCUT2D eigenvalue weighted by molar-refractivity contribution is 6.40. The zero-order valence-electron chi connectivity index (χ0n) is 10.6. The minimum Gasteiger partial charge on any atom is -0.330 e. The molecule has 0 bridgehead atoms. The second kappa shape index (κ2) is 7.22. The van der Waals surface area contributed by atoms with Gasteiger partial charge in [-0.15, -0.1) is 0 Å². The quantitative estimate of drug-likeness (QED) is 0.559. The Hall–Kier alpha value is -2.28. The summed E-state index contributed by atoms with van der Waals surface area (Å²) in [6.45, 7) is 2.30. The summed E-state index contributed by atoms with van der Waals surface area (Å²) in [6.07, 6.45) is 2.33. The van der Waals surface area contributed by atoms with Crippen molar-refractivity contribution in [2.75, 3.05) is 18.4 Å². The van der Waals surface area contributed by atoms with Crippen LogP contribution in [-0.4, -0.2) is 41.2 Å². The summed E-state index contributed by atoms with van der Waals surface area (Å²) < 4.78 is 0. The summed E-state index contributed by atoms with van der Waals surface area (Å²) in [6, 6.07) is 3.32. The van der Waals surface area contributed by atoms with Crippen LogP contribution in [0.4, 0.5) is 5.82 Å². The molecule has 0 fully saturated rings. The molecule has 1 heterocycles. The Morgan fingerprint density at radius 3 is 2.74 bits per heavy atom. The van der Waals surface area contributed by atoms with Crippen LogP contribution in [0.2, 0.25) is 0 Å². The first kappa shape index (κ1) is 14.8. The average Bonchev–Trinajstić information content (AvgIpc) is 2.42. The fraction of sp³-hybridized carbons (Fsp3) is 0.333. The number of nitrogens with one attached hydrogen (secondary N) is 1. The summed E-state index contributed by atoms with van der Waals surface area (Å²) >= 11 is 0. The smallest absolute Gasteiger partial charge is 0.318 e. The molecule has 102 valence electrons. The topological polar surface area (TPSA) is 105 Å². The number of aryl methyl sites for hydroxylation is 1. The molecule has 0 aliphatic heterocycles. The molecule has 3 N–H and O–H groups in total. The number of anilines is 1. The summed E-state index contributed by atoms with van der Waals surface area (Å²) in [7, 11) is 0. The molecule has 0 saturated carbocycles. The monoisotopic (exact) mass is 264 g/mol. The SMILES string of the molecule is Cc1ccc(NC(=O)C(=O)N(C=O)CCCN)nc1. The first-order chi connectivity index (χ1) is 9.08. The Kier molecular flexibility index (Phi) is 5.62. The van der Waals surface area contributed by atoms with E-state index in [1.165, 1.54) is 0 Å². The summed E-state index contributed by atoms with van der Waals surface area (Å²) in [5, 5.41) is 2.33. The fourth-order valence-corrected chi connectivity index (χ4v) is 1.31. The molecule has 0 unspecified atom stereocenters. The Bertz CT molecular complexity index is 459. The molecule has 0 atom stereocenters. The van der Waals surface area contributed by atoms with E-state index in [-0.39, 0.29) is 12.4 Å². The molecular formula is C12H16N4O3. The predicted octanol–water partition coefficient (Wildman–Crippen LogP) is -0.338. The van der Waals surface area contributed by atoms with Crippen LogP contribution in [0.25, 0.3) is 0 Å². The molecule has 7 heteroatoms. The molecule has 1 rings (SSSR count). The lowest BCUT2D eigenvalue weighted by atomic mass is 10.3. The zero-order valence-corrected chi connectivity index (χ0v) is 10.6. The van der Waals surface area contributed by atoms with Crippen molar-refractivity contribution in [3.63, 3.8) is 0 Å². The second-order valence-corrected chi connectivity index (χ2v) is 3.92. The maximum absolute atomic E-state index is 11.7. The van der Waals surface area contributed by atoms with Crippen LogP contribution in [0, 0.1) is 6.92 Å². The highest BCUT2D eigenvalue weighted by Crippen LogP contribution is 2.04. The minimum absolute atomic E-state index is 0.119. The van der Waals surface area contributed by atoms with Crippen LogP contribution in [0.1, 0.15) is 12.0 Å². The standard InChI is InChI=1S/C12H16N4O3/c1-9-3-4-10(14-7-9)15-11(18)12(19)16(8-17)6-2-5-13/h3-4,7-8H,2,5-6,13H2,1H3,(H,14,15,18). The van der Waals surface area contributed by atoms with Gasteiger partial charge in [-0.25, -0.2) is 4.98 Å². The molecule has 0 aromatic carbocycles. The van der Waals surface area contributed by atoms with Crippen LogP contribution >= 0.6 is 0 Å². The van der Waals surface area contributed by atoms with Gasteiger partial charge in [0.1, 0.15) is 5.82 Å². The third kappa shape index (κ3) is 4.47. The Morgan fingerprint density at radius 1 is 1.47 bits per heavy atom. The third-order valence-corrected chi connectivity index (χ3v) is 2.34. The van der Waals surface area contributed by atoms with Gasteiger partial charge in [-0.3, -0.25) is 19.3 Å². The van der Waals surface area contributed by atoms with Crippen molar-refractivity contribution >= 4 is 24.0 Å². The number of carbonyl (C=O) groups is 3. The molecule has 7 nitrogen and oxygen atoms in total. The van der Waals surface area contributed by atoms with Gasteiger partial charge in [0.2, 0.25) is 6.41 Å². The van der Waals surface area contributed by atoms with Gasteiger partial charge in [0.05, 0.1) is 0 Å². The number of nitrogens with two attached hydrogens (primary N) is 1. The van der Waals surface area contributed by atoms with Crippen molar-refractivity contribution in [2.45, 2.75) is 13.3 Å². The number of pyridine rings is 1. The van der Waals surface area contributed by atoms with Gasteiger partial charge in [-0.1, -0.05) is 6.07 Å². The zero-order chi connectivity index (χ0) is 14.3. The Balaban J connectivity index is 2.63. The predicted molar refractivity (Wildman–Crippen MR) is 69.1 cm³/mol. The van der Waals surface area contributed by atoms with Gasteiger partial charge in [0.15, 0.2) is 0 Å². The molecule has 0 radical (unpaired) electrons. The van der Waals surface area contributed by atoms with E-state index >= 15 is 0 Å². The highest BCUT2D eigenvalue weighted by Gasteiger charge is 2.21. The molecule has 19 heavy (non-hydrogen) atoms. The number of hydrogen-bond acceptors (Lipinski definition) is 5. The molecule has 0 spiro atoms. The maximum atomic E-state index is 11.7. The molecular weight excluding hydrogens is 248 g/mol. The molecule has 0 aliphatic rings. The molecule has 0 aliphatic carbocycles. The van der Waals surface area contributed by atoms with E-state index in [9.17, 15) is 14.4 Å². The first-order valence-corrected chi connectivity index (χ1v) is 5.78. The van der Waals surface area contributed by atoms with Crippen molar-refractivity contribution in [1.82, 2.24) is 9.88 Å². The van der Waals surface area contributed by atoms with E-state index in [2.05, 4.69) is 10.3 Å². The summed E-state index contributed by atoms with van der Waals surface area (Å²) in [5.74, 6) is -1.57. The van der Waals surface area contributed by atoms with Gasteiger partial charge in [-0.05, 0) is 31.5 Å². The number of imide groups is 1. The van der Waals surface area contributed by atoms with Crippen molar-refractivity contribution in [2.24, 2.45) is 5.73 Å². The van der Waals surface area contributed by atoms with Gasteiger partial charge in [-0.2, -0.15) is 0 Å². The number of rotatable bonds is 5. The van der Waals surface area contributed by atoms with E-state index in [0.29, 0.717) is 19.4 Å². The lowest BCUT2D eigenvalue weighted by molar-refractivity contribution is -0.146. The van der Waals surface area contributed by atoms with E-state index < -0.39 is 11.8 Å². The van der Waals surface area contributed by atoms with Gasteiger partial charge in [0, 0.05) is 12.7 Å². The fourth-order valence-electron chi connectivity index (χ4n) is 1.31. The van der Waals surface area contributed by atoms with Crippen LogP contribution in [0.5, 0.6) is 0 Å². The first-order valence-electron chi connectivity index (χ1n) is 5.78. The second-order valence-electron chi connectivity index (χ2n) is 3.92. The van der Waals surface area contributed by atoms with Crippen molar-refractivity contribution in [1.29, 1.82) is 0 Å². The Morgan fingerprint density at radius 2 is 2.21 bits per heavy atom. The minimum atomic E-state index is -0.925. The van der Waals surface area contributed by atoms with E-state index in [1.807, 2.05) is 6.92 Å². The molecule has 1 aromatic rings.